The zero-order valence-electron chi connectivity index (χ0n) is 13.4. The van der Waals surface area contributed by atoms with E-state index in [2.05, 4.69) is 10.5 Å². The number of carboxylic acid groups (broad SMARTS) is 1. The SMILES string of the molecule is Cc1cccc(OCC(=O)N/N=C/c2ccccc2C(=O)O)c1C. The Balaban J connectivity index is 1.92. The van der Waals surface area contributed by atoms with E-state index in [1.807, 2.05) is 26.0 Å². The monoisotopic (exact) mass is 326 g/mol. The summed E-state index contributed by atoms with van der Waals surface area (Å²) in [5.74, 6) is -0.841. The summed E-state index contributed by atoms with van der Waals surface area (Å²) in [6.45, 7) is 3.71. The van der Waals surface area contributed by atoms with Gasteiger partial charge in [0.2, 0.25) is 0 Å². The Labute approximate surface area is 139 Å². The van der Waals surface area contributed by atoms with E-state index in [0.717, 1.165) is 11.1 Å². The van der Waals surface area contributed by atoms with E-state index in [9.17, 15) is 9.59 Å². The minimum Gasteiger partial charge on any atom is -0.483 e. The first-order valence-corrected chi connectivity index (χ1v) is 7.32. The second-order valence-electron chi connectivity index (χ2n) is 5.17. The summed E-state index contributed by atoms with van der Waals surface area (Å²) in [6, 6.07) is 12.0. The number of hydrogen-bond acceptors (Lipinski definition) is 4. The molecule has 0 saturated heterocycles. The molecule has 0 fully saturated rings. The van der Waals surface area contributed by atoms with Crippen LogP contribution in [0.3, 0.4) is 0 Å². The van der Waals surface area contributed by atoms with Crippen LogP contribution < -0.4 is 10.2 Å². The molecular formula is C18H18N2O4. The standard InChI is InChI=1S/C18H18N2O4/c1-12-6-5-9-16(13(12)2)24-11-17(21)20-19-10-14-7-3-4-8-15(14)18(22)23/h3-10H,11H2,1-2H3,(H,20,21)(H,22,23)/b19-10+. The minimum absolute atomic E-state index is 0.113. The van der Waals surface area contributed by atoms with Gasteiger partial charge in [-0.3, -0.25) is 4.79 Å². The van der Waals surface area contributed by atoms with Gasteiger partial charge in [0, 0.05) is 5.56 Å². The Bertz CT molecular complexity index is 784. The van der Waals surface area contributed by atoms with Crippen molar-refractivity contribution in [3.05, 3.63) is 64.7 Å². The van der Waals surface area contributed by atoms with Crippen molar-refractivity contribution in [2.75, 3.05) is 6.61 Å². The van der Waals surface area contributed by atoms with Crippen molar-refractivity contribution >= 4 is 18.1 Å². The van der Waals surface area contributed by atoms with E-state index >= 15 is 0 Å². The van der Waals surface area contributed by atoms with Crippen LogP contribution >= 0.6 is 0 Å². The van der Waals surface area contributed by atoms with Crippen LogP contribution in [0.1, 0.15) is 27.0 Å². The zero-order chi connectivity index (χ0) is 17.5. The molecule has 0 unspecified atom stereocenters. The van der Waals surface area contributed by atoms with E-state index < -0.39 is 11.9 Å². The second-order valence-corrected chi connectivity index (χ2v) is 5.17. The van der Waals surface area contributed by atoms with Crippen molar-refractivity contribution in [2.24, 2.45) is 5.10 Å². The lowest BCUT2D eigenvalue weighted by atomic mass is 10.1. The number of amides is 1. The highest BCUT2D eigenvalue weighted by Crippen LogP contribution is 2.20. The highest BCUT2D eigenvalue weighted by molar-refractivity contribution is 5.98. The van der Waals surface area contributed by atoms with Crippen LogP contribution in [0.2, 0.25) is 0 Å². The fourth-order valence-corrected chi connectivity index (χ4v) is 2.03. The summed E-state index contributed by atoms with van der Waals surface area (Å²) in [6.07, 6.45) is 1.29. The quantitative estimate of drug-likeness (QED) is 0.631. The molecule has 0 atom stereocenters. The molecule has 6 nitrogen and oxygen atoms in total. The maximum absolute atomic E-state index is 11.8. The number of ether oxygens (including phenoxy) is 1. The highest BCUT2D eigenvalue weighted by Gasteiger charge is 2.08. The van der Waals surface area contributed by atoms with E-state index in [1.165, 1.54) is 12.3 Å². The van der Waals surface area contributed by atoms with Crippen LogP contribution in [0.4, 0.5) is 0 Å². The summed E-state index contributed by atoms with van der Waals surface area (Å²) < 4.78 is 5.46. The maximum atomic E-state index is 11.8. The molecule has 2 N–H and O–H groups in total. The van der Waals surface area contributed by atoms with Gasteiger partial charge in [-0.25, -0.2) is 10.2 Å². The summed E-state index contributed by atoms with van der Waals surface area (Å²) >= 11 is 0. The average Bonchev–Trinajstić information content (AvgIpc) is 2.56. The molecule has 2 aromatic rings. The lowest BCUT2D eigenvalue weighted by Crippen LogP contribution is -2.25. The molecule has 0 spiro atoms. The number of benzene rings is 2. The third kappa shape index (κ3) is 4.42. The van der Waals surface area contributed by atoms with Gasteiger partial charge in [-0.05, 0) is 37.1 Å². The third-order valence-electron chi connectivity index (χ3n) is 3.50. The molecule has 0 aliphatic carbocycles. The summed E-state index contributed by atoms with van der Waals surface area (Å²) in [4.78, 5) is 22.8. The number of aryl methyl sites for hydroxylation is 1. The molecule has 0 heterocycles. The van der Waals surface area contributed by atoms with Crippen molar-refractivity contribution in [3.63, 3.8) is 0 Å². The van der Waals surface area contributed by atoms with E-state index in [1.54, 1.807) is 24.3 Å². The molecule has 0 aliphatic rings. The molecule has 0 radical (unpaired) electrons. The topological polar surface area (TPSA) is 88.0 Å². The molecule has 0 bridgehead atoms. The molecular weight excluding hydrogens is 308 g/mol. The molecule has 1 amide bonds. The molecule has 2 rings (SSSR count). The van der Waals surface area contributed by atoms with Gasteiger partial charge in [-0.2, -0.15) is 5.10 Å². The Hall–Kier alpha value is -3.15. The molecule has 6 heteroatoms. The number of aromatic carboxylic acids is 1. The Morgan fingerprint density at radius 1 is 1.17 bits per heavy atom. The Morgan fingerprint density at radius 3 is 2.67 bits per heavy atom. The van der Waals surface area contributed by atoms with Gasteiger partial charge in [0.25, 0.3) is 5.91 Å². The zero-order valence-corrected chi connectivity index (χ0v) is 13.4. The number of nitrogens with one attached hydrogen (secondary N) is 1. The number of rotatable bonds is 6. The molecule has 124 valence electrons. The fourth-order valence-electron chi connectivity index (χ4n) is 2.03. The first-order chi connectivity index (χ1) is 11.5. The van der Waals surface area contributed by atoms with Crippen molar-refractivity contribution in [1.29, 1.82) is 0 Å². The van der Waals surface area contributed by atoms with Crippen LogP contribution in [0.5, 0.6) is 5.75 Å². The number of hydrogen-bond donors (Lipinski definition) is 2. The minimum atomic E-state index is -1.05. The van der Waals surface area contributed by atoms with Gasteiger partial charge in [0.1, 0.15) is 5.75 Å². The van der Waals surface area contributed by atoms with Crippen molar-refractivity contribution in [1.82, 2.24) is 5.43 Å². The lowest BCUT2D eigenvalue weighted by Gasteiger charge is -2.09. The average molecular weight is 326 g/mol. The molecule has 0 aromatic heterocycles. The molecule has 0 saturated carbocycles. The van der Waals surface area contributed by atoms with Gasteiger partial charge in [0.05, 0.1) is 11.8 Å². The first kappa shape index (κ1) is 17.2. The molecule has 24 heavy (non-hydrogen) atoms. The van der Waals surface area contributed by atoms with Gasteiger partial charge in [-0.15, -0.1) is 0 Å². The fraction of sp³-hybridized carbons (Fsp3) is 0.167. The predicted octanol–water partition coefficient (Wildman–Crippen LogP) is 2.53. The summed E-state index contributed by atoms with van der Waals surface area (Å²) in [5.41, 5.74) is 4.89. The van der Waals surface area contributed by atoms with E-state index in [4.69, 9.17) is 9.84 Å². The van der Waals surface area contributed by atoms with Crippen LogP contribution in [-0.2, 0) is 4.79 Å². The normalized spacial score (nSPS) is 10.6. The van der Waals surface area contributed by atoms with Crippen LogP contribution in [0.25, 0.3) is 0 Å². The highest BCUT2D eigenvalue weighted by atomic mass is 16.5. The lowest BCUT2D eigenvalue weighted by molar-refractivity contribution is -0.123. The number of carboxylic acids is 1. The van der Waals surface area contributed by atoms with Gasteiger partial charge in [0.15, 0.2) is 6.61 Å². The number of carbonyl (C=O) groups excluding carboxylic acids is 1. The Morgan fingerprint density at radius 2 is 1.92 bits per heavy atom. The second kappa shape index (κ2) is 7.92. The first-order valence-electron chi connectivity index (χ1n) is 7.32. The third-order valence-corrected chi connectivity index (χ3v) is 3.50. The number of nitrogens with zero attached hydrogens (tertiary/aromatic N) is 1. The van der Waals surface area contributed by atoms with Crippen LogP contribution in [0.15, 0.2) is 47.6 Å². The Kier molecular flexibility index (Phi) is 5.68. The van der Waals surface area contributed by atoms with Crippen molar-refractivity contribution in [3.8, 4) is 5.75 Å². The van der Waals surface area contributed by atoms with Gasteiger partial charge >= 0.3 is 5.97 Å². The van der Waals surface area contributed by atoms with E-state index in [0.29, 0.717) is 11.3 Å². The summed E-state index contributed by atoms with van der Waals surface area (Å²) in [7, 11) is 0. The smallest absolute Gasteiger partial charge is 0.336 e. The van der Waals surface area contributed by atoms with Crippen LogP contribution in [0, 0.1) is 13.8 Å². The van der Waals surface area contributed by atoms with Gasteiger partial charge in [-0.1, -0.05) is 30.3 Å². The molecule has 2 aromatic carbocycles. The number of hydrazone groups is 1. The molecule has 0 aliphatic heterocycles. The van der Waals surface area contributed by atoms with Crippen molar-refractivity contribution < 1.29 is 19.4 Å². The van der Waals surface area contributed by atoms with Gasteiger partial charge < -0.3 is 9.84 Å². The van der Waals surface area contributed by atoms with E-state index in [-0.39, 0.29) is 12.2 Å². The van der Waals surface area contributed by atoms with Crippen LogP contribution in [-0.4, -0.2) is 29.8 Å². The maximum Gasteiger partial charge on any atom is 0.336 e. The van der Waals surface area contributed by atoms with Crippen molar-refractivity contribution in [2.45, 2.75) is 13.8 Å². The number of carbonyl (C=O) groups is 2. The predicted molar refractivity (Wildman–Crippen MR) is 90.5 cm³/mol. The summed E-state index contributed by atoms with van der Waals surface area (Å²) in [5, 5.41) is 12.8. The largest absolute Gasteiger partial charge is 0.483 e.